The van der Waals surface area contributed by atoms with E-state index in [1.807, 2.05) is 0 Å². The van der Waals surface area contributed by atoms with Gasteiger partial charge >= 0.3 is 6.09 Å². The van der Waals surface area contributed by atoms with Crippen molar-refractivity contribution in [3.63, 3.8) is 0 Å². The predicted molar refractivity (Wildman–Crippen MR) is 79.4 cm³/mol. The Morgan fingerprint density at radius 2 is 2.19 bits per heavy atom. The van der Waals surface area contributed by atoms with Crippen LogP contribution in [0, 0.1) is 23.0 Å². The van der Waals surface area contributed by atoms with E-state index in [0.29, 0.717) is 11.6 Å². The Balaban J connectivity index is 1.99. The van der Waals surface area contributed by atoms with Crippen LogP contribution in [0.5, 0.6) is 0 Å². The van der Waals surface area contributed by atoms with Gasteiger partial charge in [-0.1, -0.05) is 19.4 Å². The van der Waals surface area contributed by atoms with Gasteiger partial charge in [0.15, 0.2) is 0 Å². The molecule has 0 aliphatic heterocycles. The van der Waals surface area contributed by atoms with Crippen molar-refractivity contribution in [1.82, 2.24) is 0 Å². The molecule has 1 aromatic rings. The highest BCUT2D eigenvalue weighted by Gasteiger charge is 2.22. The molecular weight excluding hydrogens is 272 g/mol. The van der Waals surface area contributed by atoms with E-state index in [2.05, 4.69) is 12.2 Å². The first-order chi connectivity index (χ1) is 9.95. The molecule has 0 unspecified atom stereocenters. The lowest BCUT2D eigenvalue weighted by molar-refractivity contribution is -0.384. The van der Waals surface area contributed by atoms with Crippen LogP contribution < -0.4 is 5.32 Å². The maximum absolute atomic E-state index is 11.9. The van der Waals surface area contributed by atoms with Crippen LogP contribution in [0.15, 0.2) is 18.2 Å². The van der Waals surface area contributed by atoms with Gasteiger partial charge in [-0.3, -0.25) is 15.4 Å². The number of ether oxygens (including phenoxy) is 1. The Morgan fingerprint density at radius 3 is 2.86 bits per heavy atom. The maximum Gasteiger partial charge on any atom is 0.411 e. The van der Waals surface area contributed by atoms with Gasteiger partial charge in [-0.15, -0.1) is 0 Å². The Morgan fingerprint density at radius 1 is 1.43 bits per heavy atom. The number of non-ortho nitro benzene ring substituents is 1. The van der Waals surface area contributed by atoms with Crippen LogP contribution in [-0.2, 0) is 4.74 Å². The monoisotopic (exact) mass is 292 g/mol. The highest BCUT2D eigenvalue weighted by molar-refractivity contribution is 5.86. The third-order valence-electron chi connectivity index (χ3n) is 3.83. The first-order valence-electron chi connectivity index (χ1n) is 7.18. The normalized spacial score (nSPS) is 21.6. The molecule has 1 aromatic carbocycles. The summed E-state index contributed by atoms with van der Waals surface area (Å²) in [7, 11) is 0. The van der Waals surface area contributed by atoms with Crippen LogP contribution in [0.1, 0.15) is 38.2 Å². The average Bonchev–Trinajstić information content (AvgIpc) is 2.41. The summed E-state index contributed by atoms with van der Waals surface area (Å²) in [5.74, 6) is 0.566. The highest BCUT2D eigenvalue weighted by atomic mass is 16.6. The van der Waals surface area contributed by atoms with Gasteiger partial charge in [-0.25, -0.2) is 4.79 Å². The minimum atomic E-state index is -0.544. The lowest BCUT2D eigenvalue weighted by atomic mass is 9.89. The molecule has 0 heterocycles. The third kappa shape index (κ3) is 4.18. The van der Waals surface area contributed by atoms with Crippen molar-refractivity contribution in [3.8, 4) is 0 Å². The number of aryl methyl sites for hydroxylation is 1. The summed E-state index contributed by atoms with van der Waals surface area (Å²) in [6.07, 6.45) is 3.39. The first-order valence-corrected chi connectivity index (χ1v) is 7.18. The molecular formula is C15H20N2O4. The third-order valence-corrected chi connectivity index (χ3v) is 3.83. The molecule has 0 spiro atoms. The van der Waals surface area contributed by atoms with Crippen molar-refractivity contribution in [2.24, 2.45) is 5.92 Å². The van der Waals surface area contributed by atoms with Crippen molar-refractivity contribution >= 4 is 17.5 Å². The fraction of sp³-hybridized carbons (Fsp3) is 0.533. The first kappa shape index (κ1) is 15.3. The number of nitro benzene ring substituents is 1. The summed E-state index contributed by atoms with van der Waals surface area (Å²) in [5, 5.41) is 13.4. The summed E-state index contributed by atoms with van der Waals surface area (Å²) < 4.78 is 5.40. The van der Waals surface area contributed by atoms with E-state index in [1.54, 1.807) is 13.0 Å². The van der Waals surface area contributed by atoms with E-state index in [4.69, 9.17) is 4.74 Å². The zero-order valence-electron chi connectivity index (χ0n) is 12.3. The van der Waals surface area contributed by atoms with Crippen molar-refractivity contribution in [3.05, 3.63) is 33.9 Å². The second kappa shape index (κ2) is 6.56. The van der Waals surface area contributed by atoms with E-state index in [-0.39, 0.29) is 11.8 Å². The van der Waals surface area contributed by atoms with Crippen LogP contribution in [0.3, 0.4) is 0 Å². The number of nitro groups is 1. The molecule has 0 aromatic heterocycles. The fourth-order valence-electron chi connectivity index (χ4n) is 2.63. The lowest BCUT2D eigenvalue weighted by Gasteiger charge is -2.26. The van der Waals surface area contributed by atoms with Gasteiger partial charge in [0.05, 0.1) is 10.6 Å². The van der Waals surface area contributed by atoms with Crippen LogP contribution in [-0.4, -0.2) is 17.1 Å². The topological polar surface area (TPSA) is 81.5 Å². The van der Waals surface area contributed by atoms with Gasteiger partial charge in [0.25, 0.3) is 5.69 Å². The van der Waals surface area contributed by atoms with Crippen molar-refractivity contribution in [1.29, 1.82) is 0 Å². The van der Waals surface area contributed by atoms with Crippen LogP contribution in [0.25, 0.3) is 0 Å². The molecule has 6 nitrogen and oxygen atoms in total. The Bertz CT molecular complexity index is 544. The number of benzene rings is 1. The molecule has 2 atom stereocenters. The Labute approximate surface area is 123 Å². The molecule has 1 amide bonds. The summed E-state index contributed by atoms with van der Waals surface area (Å²) >= 11 is 0. The minimum Gasteiger partial charge on any atom is -0.446 e. The molecule has 0 radical (unpaired) electrons. The van der Waals surface area contributed by atoms with Crippen molar-refractivity contribution < 1.29 is 14.5 Å². The molecule has 0 bridgehead atoms. The molecule has 1 saturated carbocycles. The molecule has 1 fully saturated rings. The standard InChI is InChI=1S/C15H20N2O4/c1-10-4-3-5-13(8-10)21-15(18)16-14-9-12(17(19)20)7-6-11(14)2/h6-7,9-10,13H,3-5,8H2,1-2H3,(H,16,18)/t10-,13-/m0/s1. The van der Waals surface area contributed by atoms with Gasteiger partial charge in [0.1, 0.15) is 6.10 Å². The van der Waals surface area contributed by atoms with E-state index < -0.39 is 11.0 Å². The van der Waals surface area contributed by atoms with Gasteiger partial charge in [-0.05, 0) is 37.7 Å². The van der Waals surface area contributed by atoms with Crippen molar-refractivity contribution in [2.45, 2.75) is 45.6 Å². The zero-order chi connectivity index (χ0) is 15.4. The maximum atomic E-state index is 11.9. The van der Waals surface area contributed by atoms with E-state index >= 15 is 0 Å². The van der Waals surface area contributed by atoms with E-state index in [1.165, 1.54) is 18.6 Å². The molecule has 1 aliphatic carbocycles. The molecule has 0 saturated heterocycles. The Hall–Kier alpha value is -2.11. The highest BCUT2D eigenvalue weighted by Crippen LogP contribution is 2.27. The smallest absolute Gasteiger partial charge is 0.411 e. The number of carbonyl (C=O) groups is 1. The summed E-state index contributed by atoms with van der Waals surface area (Å²) in [6, 6.07) is 4.37. The van der Waals surface area contributed by atoms with Gasteiger partial charge in [0, 0.05) is 12.1 Å². The molecule has 2 rings (SSSR count). The quantitative estimate of drug-likeness (QED) is 0.673. The zero-order valence-corrected chi connectivity index (χ0v) is 12.3. The number of rotatable bonds is 3. The van der Waals surface area contributed by atoms with Gasteiger partial charge in [0.2, 0.25) is 0 Å². The number of anilines is 1. The number of nitrogens with one attached hydrogen (secondary N) is 1. The molecule has 1 N–H and O–H groups in total. The molecule has 1 aliphatic rings. The molecule has 6 heteroatoms. The molecule has 21 heavy (non-hydrogen) atoms. The summed E-state index contributed by atoms with van der Waals surface area (Å²) in [5.41, 5.74) is 1.12. The second-order valence-corrected chi connectivity index (χ2v) is 5.68. The van der Waals surface area contributed by atoms with Crippen LogP contribution >= 0.6 is 0 Å². The average molecular weight is 292 g/mol. The number of carbonyl (C=O) groups excluding carboxylic acids is 1. The summed E-state index contributed by atoms with van der Waals surface area (Å²) in [6.45, 7) is 3.93. The van der Waals surface area contributed by atoms with Crippen molar-refractivity contribution in [2.75, 3.05) is 5.32 Å². The predicted octanol–water partition coefficient (Wildman–Crippen LogP) is 4.03. The minimum absolute atomic E-state index is 0.0535. The SMILES string of the molecule is Cc1ccc([N+](=O)[O-])cc1NC(=O)O[C@H]1CCC[C@H](C)C1. The van der Waals surface area contributed by atoms with Gasteiger partial charge in [-0.2, -0.15) is 0 Å². The number of nitrogens with zero attached hydrogens (tertiary/aromatic N) is 1. The Kier molecular flexibility index (Phi) is 4.77. The number of hydrogen-bond acceptors (Lipinski definition) is 4. The van der Waals surface area contributed by atoms with Gasteiger partial charge < -0.3 is 4.74 Å². The summed E-state index contributed by atoms with van der Waals surface area (Å²) in [4.78, 5) is 22.2. The number of amides is 1. The second-order valence-electron chi connectivity index (χ2n) is 5.68. The van der Waals surface area contributed by atoms with Crippen LogP contribution in [0.4, 0.5) is 16.2 Å². The van der Waals surface area contributed by atoms with E-state index in [0.717, 1.165) is 24.8 Å². The molecule has 114 valence electrons. The largest absolute Gasteiger partial charge is 0.446 e. The van der Waals surface area contributed by atoms with E-state index in [9.17, 15) is 14.9 Å². The number of hydrogen-bond donors (Lipinski definition) is 1. The fourth-order valence-corrected chi connectivity index (χ4v) is 2.63. The lowest BCUT2D eigenvalue weighted by Crippen LogP contribution is -2.27. The van der Waals surface area contributed by atoms with Crippen LogP contribution in [0.2, 0.25) is 0 Å².